The van der Waals surface area contributed by atoms with Crippen LogP contribution >= 0.6 is 0 Å². The second kappa shape index (κ2) is 5.37. The van der Waals surface area contributed by atoms with E-state index in [1.807, 2.05) is 0 Å². The number of imidazole rings is 1. The zero-order valence-corrected chi connectivity index (χ0v) is 13.9. The number of aliphatic hydroxyl groups excluding tert-OH is 1. The highest BCUT2D eigenvalue weighted by atomic mass is 19.4. The van der Waals surface area contributed by atoms with Crippen LogP contribution in [0.1, 0.15) is 36.8 Å². The van der Waals surface area contributed by atoms with Crippen molar-refractivity contribution in [2.45, 2.75) is 48.9 Å². The van der Waals surface area contributed by atoms with Gasteiger partial charge in [0.15, 0.2) is 0 Å². The molecule has 0 spiro atoms. The fourth-order valence-corrected chi connectivity index (χ4v) is 3.96. The van der Waals surface area contributed by atoms with E-state index in [0.29, 0.717) is 6.07 Å². The monoisotopic (exact) mass is 410 g/mol. The van der Waals surface area contributed by atoms with Crippen LogP contribution in [0.3, 0.4) is 0 Å². The molecule has 5 nitrogen and oxygen atoms in total. The molecule has 3 saturated carbocycles. The molecule has 2 aromatic rings. The molecule has 3 aliphatic rings. The molecule has 152 valence electrons. The van der Waals surface area contributed by atoms with Crippen LogP contribution in [-0.4, -0.2) is 31.5 Å². The Kier molecular flexibility index (Phi) is 3.63. The molecular weight excluding hydrogens is 397 g/mol. The number of halogens is 7. The van der Waals surface area contributed by atoms with Crippen LogP contribution in [-0.2, 0) is 11.7 Å². The van der Waals surface area contributed by atoms with Crippen molar-refractivity contribution >= 4 is 5.82 Å². The molecule has 28 heavy (non-hydrogen) atoms. The summed E-state index contributed by atoms with van der Waals surface area (Å²) in [7, 11) is 0. The van der Waals surface area contributed by atoms with Gasteiger partial charge in [0.2, 0.25) is 6.10 Å². The van der Waals surface area contributed by atoms with E-state index in [1.165, 1.54) is 0 Å². The number of hydrogen-bond acceptors (Lipinski definition) is 4. The molecule has 0 radical (unpaired) electrons. The van der Waals surface area contributed by atoms with E-state index in [4.69, 9.17) is 5.73 Å². The van der Waals surface area contributed by atoms with Crippen molar-refractivity contribution in [3.63, 3.8) is 0 Å². The molecular formula is C16H13F7N4O. The average molecular weight is 410 g/mol. The molecule has 2 bridgehead atoms. The van der Waals surface area contributed by atoms with Gasteiger partial charge in [0.1, 0.15) is 17.3 Å². The average Bonchev–Trinajstić information content (AvgIpc) is 2.93. The number of nitrogens with zero attached hydrogens (tertiary/aromatic N) is 3. The Morgan fingerprint density at radius 3 is 2.25 bits per heavy atom. The van der Waals surface area contributed by atoms with Crippen LogP contribution in [0.5, 0.6) is 0 Å². The first-order chi connectivity index (χ1) is 12.7. The summed E-state index contributed by atoms with van der Waals surface area (Å²) in [6, 6.07) is 0.622. The zero-order valence-electron chi connectivity index (χ0n) is 13.9. The van der Waals surface area contributed by atoms with E-state index in [2.05, 4.69) is 9.97 Å². The fraction of sp³-hybridized carbons (Fsp3) is 0.500. The Balaban J connectivity index is 1.81. The van der Waals surface area contributed by atoms with Gasteiger partial charge in [0.05, 0.1) is 16.8 Å². The number of anilines is 1. The number of rotatable bonds is 3. The van der Waals surface area contributed by atoms with E-state index in [0.717, 1.165) is 17.0 Å². The van der Waals surface area contributed by atoms with Crippen molar-refractivity contribution in [2.24, 2.45) is 0 Å². The predicted octanol–water partition coefficient (Wildman–Crippen LogP) is 3.74. The van der Waals surface area contributed by atoms with Crippen LogP contribution < -0.4 is 5.73 Å². The third-order valence-electron chi connectivity index (χ3n) is 5.26. The largest absolute Gasteiger partial charge is 0.421 e. The Labute approximate surface area is 153 Å². The van der Waals surface area contributed by atoms with Gasteiger partial charge in [-0.25, -0.2) is 14.4 Å². The number of alkyl halides is 7. The van der Waals surface area contributed by atoms with Crippen LogP contribution in [0.25, 0.3) is 11.3 Å². The molecule has 0 unspecified atom stereocenters. The van der Waals surface area contributed by atoms with Gasteiger partial charge in [-0.05, 0) is 6.07 Å². The maximum atomic E-state index is 13.9. The Hall–Kier alpha value is -2.37. The van der Waals surface area contributed by atoms with Crippen LogP contribution in [0.4, 0.5) is 36.6 Å². The third kappa shape index (κ3) is 2.73. The highest BCUT2D eigenvalue weighted by molar-refractivity contribution is 5.62. The van der Waals surface area contributed by atoms with Crippen molar-refractivity contribution in [3.05, 3.63) is 29.8 Å². The molecule has 3 fully saturated rings. The SMILES string of the molecule is Nc1ncc(-c2cn(C34CC(F)(C3)C4)c([C@H](O)C(F)(F)F)n2)cc1C(F)(F)F. The highest BCUT2D eigenvalue weighted by Gasteiger charge is 2.71. The van der Waals surface area contributed by atoms with Gasteiger partial charge in [0.25, 0.3) is 0 Å². The second-order valence-corrected chi connectivity index (χ2v) is 7.36. The van der Waals surface area contributed by atoms with E-state index >= 15 is 0 Å². The van der Waals surface area contributed by atoms with Gasteiger partial charge < -0.3 is 15.4 Å². The molecule has 12 heteroatoms. The van der Waals surface area contributed by atoms with Crippen LogP contribution in [0.15, 0.2) is 18.5 Å². The maximum Gasteiger partial charge on any atom is 0.421 e. The van der Waals surface area contributed by atoms with Crippen molar-refractivity contribution in [1.29, 1.82) is 0 Å². The van der Waals surface area contributed by atoms with Crippen molar-refractivity contribution in [2.75, 3.05) is 5.73 Å². The van der Waals surface area contributed by atoms with Crippen LogP contribution in [0, 0.1) is 0 Å². The van der Waals surface area contributed by atoms with Crippen molar-refractivity contribution in [3.8, 4) is 11.3 Å². The summed E-state index contributed by atoms with van der Waals surface area (Å²) in [5.74, 6) is -1.58. The van der Waals surface area contributed by atoms with Gasteiger partial charge in [-0.1, -0.05) is 0 Å². The van der Waals surface area contributed by atoms with Gasteiger partial charge in [-0.2, -0.15) is 26.3 Å². The van der Waals surface area contributed by atoms with E-state index in [1.54, 1.807) is 0 Å². The van der Waals surface area contributed by atoms with Crippen LogP contribution in [0.2, 0.25) is 0 Å². The molecule has 0 aliphatic heterocycles. The second-order valence-electron chi connectivity index (χ2n) is 7.36. The topological polar surface area (TPSA) is 77.0 Å². The fourth-order valence-electron chi connectivity index (χ4n) is 3.96. The van der Waals surface area contributed by atoms with Crippen molar-refractivity contribution < 1.29 is 35.8 Å². The lowest BCUT2D eigenvalue weighted by atomic mass is 9.47. The number of pyridine rings is 1. The summed E-state index contributed by atoms with van der Waals surface area (Å²) in [5, 5.41) is 9.67. The summed E-state index contributed by atoms with van der Waals surface area (Å²) < 4.78 is 93.1. The lowest BCUT2D eigenvalue weighted by Crippen LogP contribution is -2.70. The first kappa shape index (κ1) is 19.0. The minimum Gasteiger partial charge on any atom is -0.383 e. The number of aliphatic hydroxyl groups is 1. The minimum atomic E-state index is -5.05. The first-order valence-corrected chi connectivity index (χ1v) is 8.11. The van der Waals surface area contributed by atoms with E-state index < -0.39 is 46.9 Å². The summed E-state index contributed by atoms with van der Waals surface area (Å²) >= 11 is 0. The molecule has 2 aromatic heterocycles. The molecule has 0 saturated heterocycles. The number of aromatic nitrogens is 3. The molecule has 0 aromatic carbocycles. The Morgan fingerprint density at radius 1 is 1.14 bits per heavy atom. The number of nitrogen functional groups attached to an aromatic ring is 1. The highest BCUT2D eigenvalue weighted by Crippen LogP contribution is 2.68. The number of hydrogen-bond donors (Lipinski definition) is 2. The quantitative estimate of drug-likeness (QED) is 0.756. The summed E-state index contributed by atoms with van der Waals surface area (Å²) in [5.41, 5.74) is 1.08. The molecule has 3 N–H and O–H groups in total. The summed E-state index contributed by atoms with van der Waals surface area (Å²) in [6.07, 6.45) is -10.9. The van der Waals surface area contributed by atoms with Gasteiger partial charge >= 0.3 is 12.4 Å². The van der Waals surface area contributed by atoms with E-state index in [-0.39, 0.29) is 30.5 Å². The normalized spacial score (nSPS) is 27.9. The van der Waals surface area contributed by atoms with Crippen molar-refractivity contribution in [1.82, 2.24) is 14.5 Å². The zero-order chi connectivity index (χ0) is 20.7. The maximum absolute atomic E-state index is 13.9. The molecule has 1 atom stereocenters. The Bertz CT molecular complexity index is 930. The summed E-state index contributed by atoms with van der Waals surface area (Å²) in [4.78, 5) is 7.15. The Morgan fingerprint density at radius 2 is 1.75 bits per heavy atom. The third-order valence-corrected chi connectivity index (χ3v) is 5.26. The molecule has 0 amide bonds. The van der Waals surface area contributed by atoms with Gasteiger partial charge in [0, 0.05) is 37.2 Å². The molecule has 3 aliphatic carbocycles. The van der Waals surface area contributed by atoms with E-state index in [9.17, 15) is 35.8 Å². The molecule has 5 rings (SSSR count). The van der Waals surface area contributed by atoms with Gasteiger partial charge in [-0.15, -0.1) is 0 Å². The first-order valence-electron chi connectivity index (χ1n) is 8.11. The lowest BCUT2D eigenvalue weighted by Gasteiger charge is -2.66. The predicted molar refractivity (Wildman–Crippen MR) is 81.6 cm³/mol. The smallest absolute Gasteiger partial charge is 0.383 e. The lowest BCUT2D eigenvalue weighted by molar-refractivity contribution is -0.222. The number of nitrogens with two attached hydrogens (primary N) is 1. The van der Waals surface area contributed by atoms with Gasteiger partial charge in [-0.3, -0.25) is 0 Å². The molecule has 2 heterocycles. The standard InChI is InChI=1S/C16H13F7N4O/c17-13-4-14(5-13,6-13)27-3-9(26-12(27)10(28)16(21,22)23)7-1-8(15(18,19)20)11(24)25-2-7/h1-3,10,28H,4-6H2,(H2,24,25)/t10-,13?,14?/m0/s1. The summed E-state index contributed by atoms with van der Waals surface area (Å²) in [6.45, 7) is 0. The minimum absolute atomic E-state index is 0.0405.